The quantitative estimate of drug-likeness (QED) is 0.307. The molecule has 1 heterocycles. The topological polar surface area (TPSA) is 123 Å². The van der Waals surface area contributed by atoms with Gasteiger partial charge in [0.2, 0.25) is 5.91 Å². The Morgan fingerprint density at radius 1 is 1.13 bits per heavy atom. The molecular weight excluding hydrogens is 408 g/mol. The third kappa shape index (κ3) is 6.79. The summed E-state index contributed by atoms with van der Waals surface area (Å²) in [7, 11) is 2.92. The van der Waals surface area contributed by atoms with Gasteiger partial charge in [0, 0.05) is 45.9 Å². The van der Waals surface area contributed by atoms with Crippen LogP contribution in [0.15, 0.2) is 12.1 Å². The fraction of sp³-hybridized carbons (Fsp3) is 0.600. The highest BCUT2D eigenvalue weighted by atomic mass is 16.6. The molecule has 0 aromatic heterocycles. The van der Waals surface area contributed by atoms with E-state index in [2.05, 4.69) is 5.32 Å². The summed E-state index contributed by atoms with van der Waals surface area (Å²) in [6.07, 6.45) is 0.868. The molecule has 0 saturated carbocycles. The van der Waals surface area contributed by atoms with Crippen LogP contribution in [0.2, 0.25) is 0 Å². The molecule has 0 atom stereocenters. The van der Waals surface area contributed by atoms with Crippen LogP contribution in [0.3, 0.4) is 0 Å². The number of ether oxygens (including phenoxy) is 3. The molecule has 1 aliphatic rings. The first-order valence-corrected chi connectivity index (χ1v) is 10.2. The first kappa shape index (κ1) is 24.4. The summed E-state index contributed by atoms with van der Waals surface area (Å²) >= 11 is 0. The summed E-state index contributed by atoms with van der Waals surface area (Å²) in [5.74, 6) is -0.100. The third-order valence-electron chi connectivity index (χ3n) is 4.85. The summed E-state index contributed by atoms with van der Waals surface area (Å²) in [6, 6.07) is 2.54. The van der Waals surface area contributed by atoms with Crippen LogP contribution in [-0.2, 0) is 9.53 Å². The highest BCUT2D eigenvalue weighted by Gasteiger charge is 2.30. The first-order chi connectivity index (χ1) is 14.9. The average Bonchev–Trinajstić information content (AvgIpc) is 2.77. The fourth-order valence-corrected chi connectivity index (χ4v) is 3.18. The lowest BCUT2D eigenvalue weighted by Crippen LogP contribution is -2.51. The van der Waals surface area contributed by atoms with Crippen molar-refractivity contribution in [3.05, 3.63) is 27.8 Å². The van der Waals surface area contributed by atoms with Crippen molar-refractivity contribution in [2.75, 3.05) is 66.7 Å². The van der Waals surface area contributed by atoms with E-state index in [-0.39, 0.29) is 41.8 Å². The van der Waals surface area contributed by atoms with Gasteiger partial charge in [0.25, 0.3) is 11.6 Å². The average molecular weight is 438 g/mol. The number of amides is 2. The number of rotatable bonds is 11. The van der Waals surface area contributed by atoms with Gasteiger partial charge in [-0.1, -0.05) is 6.92 Å². The first-order valence-electron chi connectivity index (χ1n) is 10.2. The molecule has 172 valence electrons. The molecule has 1 saturated heterocycles. The molecule has 11 heteroatoms. The van der Waals surface area contributed by atoms with Crippen LogP contribution in [0.1, 0.15) is 23.7 Å². The minimum absolute atomic E-state index is 0.0499. The Morgan fingerprint density at radius 3 is 2.42 bits per heavy atom. The molecule has 11 nitrogen and oxygen atoms in total. The Labute approximate surface area is 181 Å². The summed E-state index contributed by atoms with van der Waals surface area (Å²) in [4.78, 5) is 39.4. The Bertz CT molecular complexity index is 779. The van der Waals surface area contributed by atoms with Crippen molar-refractivity contribution in [3.63, 3.8) is 0 Å². The molecule has 1 N–H and O–H groups in total. The summed E-state index contributed by atoms with van der Waals surface area (Å²) in [5, 5.41) is 14.4. The van der Waals surface area contributed by atoms with E-state index >= 15 is 0 Å². The maximum Gasteiger partial charge on any atom is 0.286 e. The van der Waals surface area contributed by atoms with Crippen molar-refractivity contribution in [2.45, 2.75) is 13.3 Å². The number of hydrogen-bond donors (Lipinski definition) is 1. The zero-order valence-corrected chi connectivity index (χ0v) is 18.2. The molecule has 0 unspecified atom stereocenters. The minimum Gasteiger partial charge on any atom is -0.493 e. The van der Waals surface area contributed by atoms with E-state index in [0.29, 0.717) is 39.3 Å². The Balaban J connectivity index is 2.10. The number of nitro groups is 1. The van der Waals surface area contributed by atoms with E-state index in [9.17, 15) is 19.7 Å². The van der Waals surface area contributed by atoms with Gasteiger partial charge in [-0.3, -0.25) is 24.6 Å². The molecule has 1 fully saturated rings. The monoisotopic (exact) mass is 438 g/mol. The lowest BCUT2D eigenvalue weighted by Gasteiger charge is -2.34. The van der Waals surface area contributed by atoms with Crippen molar-refractivity contribution in [1.82, 2.24) is 15.1 Å². The van der Waals surface area contributed by atoms with Crippen LogP contribution in [0.25, 0.3) is 0 Å². The van der Waals surface area contributed by atoms with Crippen LogP contribution < -0.4 is 14.8 Å². The van der Waals surface area contributed by atoms with E-state index in [1.807, 2.05) is 11.8 Å². The van der Waals surface area contributed by atoms with Gasteiger partial charge in [0.1, 0.15) is 12.2 Å². The minimum atomic E-state index is -0.607. The second kappa shape index (κ2) is 12.1. The molecule has 0 spiro atoms. The number of nitrogens with zero attached hydrogens (tertiary/aromatic N) is 3. The molecule has 2 rings (SSSR count). The summed E-state index contributed by atoms with van der Waals surface area (Å²) < 4.78 is 15.7. The van der Waals surface area contributed by atoms with Crippen LogP contribution >= 0.6 is 0 Å². The lowest BCUT2D eigenvalue weighted by molar-refractivity contribution is -0.385. The molecule has 31 heavy (non-hydrogen) atoms. The largest absolute Gasteiger partial charge is 0.493 e. The number of carbonyl (C=O) groups excluding carboxylic acids is 2. The Hall–Kier alpha value is -2.92. The number of hydrogen-bond acceptors (Lipinski definition) is 8. The van der Waals surface area contributed by atoms with E-state index < -0.39 is 10.8 Å². The second-order valence-electron chi connectivity index (χ2n) is 7.04. The van der Waals surface area contributed by atoms with Gasteiger partial charge in [0.15, 0.2) is 11.5 Å². The molecule has 0 radical (unpaired) electrons. The van der Waals surface area contributed by atoms with Gasteiger partial charge in [-0.05, 0) is 6.42 Å². The number of benzene rings is 1. The molecule has 0 aliphatic carbocycles. The van der Waals surface area contributed by atoms with Crippen molar-refractivity contribution in [3.8, 4) is 11.5 Å². The van der Waals surface area contributed by atoms with Gasteiger partial charge >= 0.3 is 0 Å². The van der Waals surface area contributed by atoms with Gasteiger partial charge in [0.05, 0.1) is 31.3 Å². The van der Waals surface area contributed by atoms with Gasteiger partial charge < -0.3 is 24.4 Å². The Morgan fingerprint density at radius 2 is 1.84 bits per heavy atom. The zero-order chi connectivity index (χ0) is 22.8. The zero-order valence-electron chi connectivity index (χ0n) is 18.2. The third-order valence-corrected chi connectivity index (χ3v) is 4.85. The SMILES string of the molecule is CCCNC(=O)CN1CCN(C(=O)c2cc(OC)c(OCCOC)cc2[N+](=O)[O-])CC1. The molecule has 1 aromatic rings. The van der Waals surface area contributed by atoms with Crippen molar-refractivity contribution >= 4 is 17.5 Å². The maximum atomic E-state index is 13.0. The Kier molecular flexibility index (Phi) is 9.47. The van der Waals surface area contributed by atoms with Crippen molar-refractivity contribution in [2.24, 2.45) is 0 Å². The van der Waals surface area contributed by atoms with E-state index in [0.717, 1.165) is 6.42 Å². The number of nitrogens with one attached hydrogen (secondary N) is 1. The maximum absolute atomic E-state index is 13.0. The highest BCUT2D eigenvalue weighted by molar-refractivity contribution is 5.99. The highest BCUT2D eigenvalue weighted by Crippen LogP contribution is 2.35. The van der Waals surface area contributed by atoms with E-state index in [4.69, 9.17) is 14.2 Å². The van der Waals surface area contributed by atoms with Gasteiger partial charge in [-0.15, -0.1) is 0 Å². The molecule has 0 bridgehead atoms. The second-order valence-corrected chi connectivity index (χ2v) is 7.04. The standard InChI is InChI=1S/C20H30N4O7/c1-4-5-21-19(25)14-22-6-8-23(9-7-22)20(26)15-12-17(30-3)18(31-11-10-29-2)13-16(15)24(27)28/h12-13H,4-11,14H2,1-3H3,(H,21,25). The number of piperazine rings is 1. The van der Waals surface area contributed by atoms with Crippen LogP contribution in [-0.4, -0.2) is 93.2 Å². The summed E-state index contributed by atoms with van der Waals surface area (Å²) in [5.41, 5.74) is -0.408. The normalized spacial score (nSPS) is 14.2. The summed E-state index contributed by atoms with van der Waals surface area (Å²) in [6.45, 7) is 5.12. The lowest BCUT2D eigenvalue weighted by atomic mass is 10.1. The number of methoxy groups -OCH3 is 2. The van der Waals surface area contributed by atoms with Gasteiger partial charge in [-0.25, -0.2) is 0 Å². The molecule has 1 aromatic carbocycles. The van der Waals surface area contributed by atoms with E-state index in [1.165, 1.54) is 26.4 Å². The number of nitro benzene ring substituents is 1. The predicted molar refractivity (Wildman–Crippen MR) is 113 cm³/mol. The predicted octanol–water partition coefficient (Wildman–Crippen LogP) is 0.913. The smallest absolute Gasteiger partial charge is 0.286 e. The van der Waals surface area contributed by atoms with Crippen LogP contribution in [0.5, 0.6) is 11.5 Å². The van der Waals surface area contributed by atoms with Crippen molar-refractivity contribution in [1.29, 1.82) is 0 Å². The molecule has 2 amide bonds. The molecule has 1 aliphatic heterocycles. The number of carbonyl (C=O) groups is 2. The fourth-order valence-electron chi connectivity index (χ4n) is 3.18. The molecular formula is C20H30N4O7. The van der Waals surface area contributed by atoms with Crippen molar-refractivity contribution < 1.29 is 28.7 Å². The van der Waals surface area contributed by atoms with Gasteiger partial charge in [-0.2, -0.15) is 0 Å². The van der Waals surface area contributed by atoms with Crippen LogP contribution in [0, 0.1) is 10.1 Å². The van der Waals surface area contributed by atoms with Crippen LogP contribution in [0.4, 0.5) is 5.69 Å². The van der Waals surface area contributed by atoms with E-state index in [1.54, 1.807) is 4.90 Å².